The molecule has 1 heteroatoms. The zero-order chi connectivity index (χ0) is 9.19. The summed E-state index contributed by atoms with van der Waals surface area (Å²) in [6.07, 6.45) is 5.46. The van der Waals surface area contributed by atoms with Crippen molar-refractivity contribution in [3.8, 4) is 0 Å². The summed E-state index contributed by atoms with van der Waals surface area (Å²) in [5.74, 6) is 1.83. The largest absolute Gasteiger partial charge is 0.314 e. The molecule has 0 saturated heterocycles. The Hall–Kier alpha value is -0.0400. The molecule has 0 bridgehead atoms. The second kappa shape index (κ2) is 3.78. The Morgan fingerprint density at radius 3 is 2.33 bits per heavy atom. The Balaban J connectivity index is 2.46. The van der Waals surface area contributed by atoms with Crippen LogP contribution in [0.4, 0.5) is 0 Å². The van der Waals surface area contributed by atoms with Crippen molar-refractivity contribution in [2.45, 2.75) is 52.0 Å². The number of hydrogen-bond donors (Lipinski definition) is 1. The molecule has 72 valence electrons. The van der Waals surface area contributed by atoms with Crippen LogP contribution in [-0.2, 0) is 0 Å². The summed E-state index contributed by atoms with van der Waals surface area (Å²) < 4.78 is 0. The van der Waals surface area contributed by atoms with Crippen molar-refractivity contribution in [2.24, 2.45) is 11.8 Å². The fourth-order valence-electron chi connectivity index (χ4n) is 2.50. The van der Waals surface area contributed by atoms with Gasteiger partial charge in [-0.1, -0.05) is 33.6 Å². The smallest absolute Gasteiger partial charge is 0.0209 e. The maximum absolute atomic E-state index is 3.53. The van der Waals surface area contributed by atoms with Gasteiger partial charge in [-0.3, -0.25) is 0 Å². The molecule has 12 heavy (non-hydrogen) atoms. The van der Waals surface area contributed by atoms with E-state index < -0.39 is 0 Å². The minimum atomic E-state index is 0.495. The summed E-state index contributed by atoms with van der Waals surface area (Å²) in [5.41, 5.74) is 0.495. The van der Waals surface area contributed by atoms with E-state index in [1.807, 2.05) is 0 Å². The fourth-order valence-corrected chi connectivity index (χ4v) is 2.50. The molecule has 1 aliphatic carbocycles. The molecule has 1 fully saturated rings. The van der Waals surface area contributed by atoms with E-state index in [1.54, 1.807) is 0 Å². The standard InChI is InChI=1S/C11H23N/c1-5-9(3)11(12-4)7-10(6-2)8-11/h9-10,12H,5-8H2,1-4H3. The fraction of sp³-hybridized carbons (Fsp3) is 1.00. The van der Waals surface area contributed by atoms with Gasteiger partial charge in [0.15, 0.2) is 0 Å². The van der Waals surface area contributed by atoms with Gasteiger partial charge in [-0.2, -0.15) is 0 Å². The van der Waals surface area contributed by atoms with Crippen LogP contribution in [0, 0.1) is 11.8 Å². The summed E-state index contributed by atoms with van der Waals surface area (Å²) >= 11 is 0. The molecule has 1 aliphatic rings. The van der Waals surface area contributed by atoms with Crippen LogP contribution in [-0.4, -0.2) is 12.6 Å². The zero-order valence-electron chi connectivity index (χ0n) is 8.98. The summed E-state index contributed by atoms with van der Waals surface area (Å²) in [7, 11) is 2.12. The molecule has 1 saturated carbocycles. The molecule has 0 aromatic rings. The van der Waals surface area contributed by atoms with Crippen LogP contribution >= 0.6 is 0 Å². The first kappa shape index (κ1) is 10.0. The van der Waals surface area contributed by atoms with E-state index in [0.29, 0.717) is 5.54 Å². The number of rotatable bonds is 4. The van der Waals surface area contributed by atoms with E-state index in [4.69, 9.17) is 0 Å². The van der Waals surface area contributed by atoms with Crippen molar-refractivity contribution in [2.75, 3.05) is 7.05 Å². The van der Waals surface area contributed by atoms with E-state index >= 15 is 0 Å². The highest BCUT2D eigenvalue weighted by Crippen LogP contribution is 2.45. The highest BCUT2D eigenvalue weighted by Gasteiger charge is 2.44. The zero-order valence-corrected chi connectivity index (χ0v) is 8.98. The van der Waals surface area contributed by atoms with Crippen molar-refractivity contribution < 1.29 is 0 Å². The lowest BCUT2D eigenvalue weighted by Gasteiger charge is -2.51. The van der Waals surface area contributed by atoms with Gasteiger partial charge in [0.25, 0.3) is 0 Å². The summed E-state index contributed by atoms with van der Waals surface area (Å²) in [6, 6.07) is 0. The van der Waals surface area contributed by atoms with Gasteiger partial charge in [-0.05, 0) is 31.7 Å². The van der Waals surface area contributed by atoms with E-state index in [2.05, 4.69) is 33.1 Å². The van der Waals surface area contributed by atoms with Crippen molar-refractivity contribution in [3.63, 3.8) is 0 Å². The summed E-state index contributed by atoms with van der Waals surface area (Å²) in [6.45, 7) is 6.98. The molecule has 0 aromatic heterocycles. The molecule has 0 spiro atoms. The van der Waals surface area contributed by atoms with Gasteiger partial charge in [-0.15, -0.1) is 0 Å². The van der Waals surface area contributed by atoms with Gasteiger partial charge in [0.05, 0.1) is 0 Å². The van der Waals surface area contributed by atoms with Gasteiger partial charge < -0.3 is 5.32 Å². The van der Waals surface area contributed by atoms with Crippen LogP contribution in [0.1, 0.15) is 46.5 Å². The quantitative estimate of drug-likeness (QED) is 0.682. The Kier molecular flexibility index (Phi) is 3.16. The first-order valence-electron chi connectivity index (χ1n) is 5.37. The molecule has 1 unspecified atom stereocenters. The van der Waals surface area contributed by atoms with E-state index in [9.17, 15) is 0 Å². The molecule has 0 heterocycles. The summed E-state index contributed by atoms with van der Waals surface area (Å²) in [4.78, 5) is 0. The molecule has 1 N–H and O–H groups in total. The highest BCUT2D eigenvalue weighted by molar-refractivity contribution is 5.02. The minimum Gasteiger partial charge on any atom is -0.314 e. The molecular weight excluding hydrogens is 146 g/mol. The SMILES string of the molecule is CCC1CC(NC)(C(C)CC)C1. The molecule has 0 aromatic carbocycles. The maximum Gasteiger partial charge on any atom is 0.0209 e. The topological polar surface area (TPSA) is 12.0 Å². The van der Waals surface area contributed by atoms with Gasteiger partial charge in [0.2, 0.25) is 0 Å². The average Bonchev–Trinajstić information content (AvgIpc) is 2.04. The molecule has 1 rings (SSSR count). The second-order valence-electron chi connectivity index (χ2n) is 4.40. The van der Waals surface area contributed by atoms with Gasteiger partial charge in [0, 0.05) is 5.54 Å². The Bertz CT molecular complexity index is 136. The molecule has 0 radical (unpaired) electrons. The van der Waals surface area contributed by atoms with Crippen LogP contribution in [0.25, 0.3) is 0 Å². The highest BCUT2D eigenvalue weighted by atomic mass is 15.0. The molecular formula is C11H23N. The first-order valence-corrected chi connectivity index (χ1v) is 5.37. The lowest BCUT2D eigenvalue weighted by Crippen LogP contribution is -2.57. The molecule has 1 atom stereocenters. The normalized spacial score (nSPS) is 37.5. The van der Waals surface area contributed by atoms with E-state index in [1.165, 1.54) is 25.7 Å². The molecule has 1 nitrogen and oxygen atoms in total. The van der Waals surface area contributed by atoms with Crippen molar-refractivity contribution in [1.29, 1.82) is 0 Å². The van der Waals surface area contributed by atoms with Crippen LogP contribution in [0.15, 0.2) is 0 Å². The predicted molar refractivity (Wildman–Crippen MR) is 54.3 cm³/mol. The van der Waals surface area contributed by atoms with Crippen LogP contribution in [0.2, 0.25) is 0 Å². The van der Waals surface area contributed by atoms with E-state index in [0.717, 1.165) is 11.8 Å². The van der Waals surface area contributed by atoms with Crippen molar-refractivity contribution >= 4 is 0 Å². The minimum absolute atomic E-state index is 0.495. The lowest BCUT2D eigenvalue weighted by atomic mass is 9.61. The van der Waals surface area contributed by atoms with Crippen LogP contribution in [0.3, 0.4) is 0 Å². The van der Waals surface area contributed by atoms with Crippen molar-refractivity contribution in [1.82, 2.24) is 5.32 Å². The van der Waals surface area contributed by atoms with Gasteiger partial charge in [-0.25, -0.2) is 0 Å². The third-order valence-corrected chi connectivity index (χ3v) is 3.94. The lowest BCUT2D eigenvalue weighted by molar-refractivity contribution is 0.0532. The monoisotopic (exact) mass is 169 g/mol. The third kappa shape index (κ3) is 1.52. The predicted octanol–water partition coefficient (Wildman–Crippen LogP) is 2.81. The number of hydrogen-bond acceptors (Lipinski definition) is 1. The Morgan fingerprint density at radius 1 is 1.42 bits per heavy atom. The van der Waals surface area contributed by atoms with Gasteiger partial charge >= 0.3 is 0 Å². The molecule has 0 amide bonds. The maximum atomic E-state index is 3.53. The van der Waals surface area contributed by atoms with Crippen molar-refractivity contribution in [3.05, 3.63) is 0 Å². The molecule has 0 aliphatic heterocycles. The summed E-state index contributed by atoms with van der Waals surface area (Å²) in [5, 5.41) is 3.53. The Morgan fingerprint density at radius 2 is 2.00 bits per heavy atom. The Labute approximate surface area is 76.9 Å². The first-order chi connectivity index (χ1) is 5.68. The second-order valence-corrected chi connectivity index (χ2v) is 4.40. The number of nitrogens with one attached hydrogen (secondary N) is 1. The van der Waals surface area contributed by atoms with Crippen LogP contribution in [0.5, 0.6) is 0 Å². The average molecular weight is 169 g/mol. The third-order valence-electron chi connectivity index (χ3n) is 3.94. The van der Waals surface area contributed by atoms with Gasteiger partial charge in [0.1, 0.15) is 0 Å². The van der Waals surface area contributed by atoms with E-state index in [-0.39, 0.29) is 0 Å². The van der Waals surface area contributed by atoms with Crippen LogP contribution < -0.4 is 5.32 Å².